The lowest BCUT2D eigenvalue weighted by Crippen LogP contribution is -2.21. The summed E-state index contributed by atoms with van der Waals surface area (Å²) in [5.74, 6) is -0.650. The summed E-state index contributed by atoms with van der Waals surface area (Å²) in [6, 6.07) is 19.2. The van der Waals surface area contributed by atoms with Crippen LogP contribution in [0.25, 0.3) is 10.9 Å². The largest absolute Gasteiger partial charge is 0.484 e. The second-order valence-electron chi connectivity index (χ2n) is 6.85. The van der Waals surface area contributed by atoms with Crippen LogP contribution in [0.2, 0.25) is 5.02 Å². The van der Waals surface area contributed by atoms with E-state index in [-0.39, 0.29) is 22.9 Å². The van der Waals surface area contributed by atoms with Crippen LogP contribution >= 0.6 is 11.6 Å². The first kappa shape index (κ1) is 21.1. The van der Waals surface area contributed by atoms with Crippen LogP contribution in [0, 0.1) is 10.1 Å². The van der Waals surface area contributed by atoms with Crippen molar-refractivity contribution in [3.8, 4) is 5.75 Å². The minimum absolute atomic E-state index is 0.146. The van der Waals surface area contributed by atoms with Gasteiger partial charge in [0.05, 0.1) is 16.7 Å². The number of ketones is 1. The third kappa shape index (κ3) is 4.45. The number of amides is 1. The summed E-state index contributed by atoms with van der Waals surface area (Å²) in [5.41, 5.74) is 1.41. The van der Waals surface area contributed by atoms with Crippen molar-refractivity contribution in [1.29, 1.82) is 0 Å². The molecule has 32 heavy (non-hydrogen) atoms. The SMILES string of the molecule is O=C(COc1cccc([N+](=O)[O-])c1)Nc1c(C(=O)c2ccccc2)[nH]c2cc(Cl)ccc12. The molecule has 0 unspecified atom stereocenters. The molecule has 0 spiro atoms. The third-order valence-corrected chi connectivity index (χ3v) is 4.92. The van der Waals surface area contributed by atoms with Crippen LogP contribution in [0.3, 0.4) is 0 Å². The number of hydrogen-bond donors (Lipinski definition) is 2. The highest BCUT2D eigenvalue weighted by atomic mass is 35.5. The maximum absolute atomic E-state index is 13.1. The molecule has 0 atom stereocenters. The maximum atomic E-state index is 13.1. The predicted octanol–water partition coefficient (Wildman–Crippen LogP) is 4.98. The maximum Gasteiger partial charge on any atom is 0.273 e. The van der Waals surface area contributed by atoms with Gasteiger partial charge in [0.2, 0.25) is 5.78 Å². The first-order chi connectivity index (χ1) is 15.4. The fourth-order valence-corrected chi connectivity index (χ4v) is 3.39. The Hall–Kier alpha value is -4.17. The molecule has 4 aromatic rings. The van der Waals surface area contributed by atoms with Crippen molar-refractivity contribution in [1.82, 2.24) is 4.98 Å². The van der Waals surface area contributed by atoms with Crippen molar-refractivity contribution in [2.45, 2.75) is 0 Å². The van der Waals surface area contributed by atoms with Gasteiger partial charge in [0.1, 0.15) is 11.4 Å². The first-order valence-corrected chi connectivity index (χ1v) is 9.88. The lowest BCUT2D eigenvalue weighted by molar-refractivity contribution is -0.384. The number of carbonyl (C=O) groups excluding carboxylic acids is 2. The average molecular weight is 450 g/mol. The molecule has 160 valence electrons. The Balaban J connectivity index is 1.60. The molecule has 1 amide bonds. The van der Waals surface area contributed by atoms with E-state index in [1.165, 1.54) is 24.3 Å². The number of ether oxygens (including phenoxy) is 1. The molecule has 0 radical (unpaired) electrons. The van der Waals surface area contributed by atoms with Crippen LogP contribution in [-0.4, -0.2) is 28.2 Å². The summed E-state index contributed by atoms with van der Waals surface area (Å²) >= 11 is 6.07. The number of hydrogen-bond acceptors (Lipinski definition) is 5. The molecule has 1 heterocycles. The van der Waals surface area contributed by atoms with Gasteiger partial charge in [0, 0.05) is 27.6 Å². The molecule has 0 aliphatic rings. The van der Waals surface area contributed by atoms with Crippen LogP contribution in [0.1, 0.15) is 16.1 Å². The third-order valence-electron chi connectivity index (χ3n) is 4.69. The van der Waals surface area contributed by atoms with Crippen molar-refractivity contribution < 1.29 is 19.2 Å². The number of fused-ring (bicyclic) bond motifs is 1. The smallest absolute Gasteiger partial charge is 0.273 e. The molecule has 0 saturated heterocycles. The minimum atomic E-state index is -0.550. The van der Waals surface area contributed by atoms with Crippen molar-refractivity contribution in [3.63, 3.8) is 0 Å². The van der Waals surface area contributed by atoms with Gasteiger partial charge in [-0.25, -0.2) is 0 Å². The van der Waals surface area contributed by atoms with Crippen molar-refractivity contribution in [3.05, 3.63) is 99.2 Å². The Bertz CT molecular complexity index is 1330. The van der Waals surface area contributed by atoms with Crippen molar-refractivity contribution in [2.24, 2.45) is 0 Å². The van der Waals surface area contributed by atoms with Gasteiger partial charge in [0.25, 0.3) is 11.6 Å². The summed E-state index contributed by atoms with van der Waals surface area (Å²) in [6.07, 6.45) is 0. The van der Waals surface area contributed by atoms with Gasteiger partial charge in [-0.2, -0.15) is 0 Å². The lowest BCUT2D eigenvalue weighted by atomic mass is 10.1. The lowest BCUT2D eigenvalue weighted by Gasteiger charge is -2.09. The molecule has 0 fully saturated rings. The Labute approximate surface area is 186 Å². The van der Waals surface area contributed by atoms with Gasteiger partial charge >= 0.3 is 0 Å². The molecule has 2 N–H and O–H groups in total. The molecule has 0 bridgehead atoms. The fraction of sp³-hybridized carbons (Fsp3) is 0.0435. The quantitative estimate of drug-likeness (QED) is 0.234. The monoisotopic (exact) mass is 449 g/mol. The van der Waals surface area contributed by atoms with Gasteiger partial charge < -0.3 is 15.0 Å². The Kier molecular flexibility index (Phi) is 5.87. The Morgan fingerprint density at radius 1 is 1.03 bits per heavy atom. The summed E-state index contributed by atoms with van der Waals surface area (Å²) in [4.78, 5) is 39.1. The van der Waals surface area contributed by atoms with E-state index in [0.717, 1.165) is 0 Å². The predicted molar refractivity (Wildman–Crippen MR) is 120 cm³/mol. The molecule has 3 aromatic carbocycles. The highest BCUT2D eigenvalue weighted by Crippen LogP contribution is 2.31. The van der Waals surface area contributed by atoms with Gasteiger partial charge in [0.15, 0.2) is 6.61 Å². The normalized spacial score (nSPS) is 10.7. The number of H-pyrrole nitrogens is 1. The number of aromatic amines is 1. The number of nitrogens with zero attached hydrogens (tertiary/aromatic N) is 1. The number of nitro groups is 1. The van der Waals surface area contributed by atoms with Gasteiger partial charge in [-0.15, -0.1) is 0 Å². The molecule has 0 aliphatic heterocycles. The molecule has 0 saturated carbocycles. The second-order valence-corrected chi connectivity index (χ2v) is 7.29. The number of anilines is 1. The summed E-state index contributed by atoms with van der Waals surface area (Å²) in [5, 5.41) is 14.7. The molecule has 0 aliphatic carbocycles. The zero-order valence-corrected chi connectivity index (χ0v) is 17.3. The first-order valence-electron chi connectivity index (χ1n) is 9.50. The number of nitro benzene ring substituents is 1. The van der Waals surface area contributed by atoms with Crippen molar-refractivity contribution >= 4 is 45.6 Å². The molecule has 9 heteroatoms. The second kappa shape index (κ2) is 8.91. The summed E-state index contributed by atoms with van der Waals surface area (Å²) < 4.78 is 5.39. The number of benzene rings is 3. The molecule has 1 aromatic heterocycles. The van der Waals surface area contributed by atoms with Crippen molar-refractivity contribution in [2.75, 3.05) is 11.9 Å². The summed E-state index contributed by atoms with van der Waals surface area (Å²) in [7, 11) is 0. The number of non-ortho nitro benzene ring substituents is 1. The van der Waals surface area contributed by atoms with E-state index < -0.39 is 17.4 Å². The number of aromatic nitrogens is 1. The zero-order chi connectivity index (χ0) is 22.7. The minimum Gasteiger partial charge on any atom is -0.484 e. The molecular weight excluding hydrogens is 434 g/mol. The van der Waals surface area contributed by atoms with Crippen LogP contribution in [-0.2, 0) is 4.79 Å². The standard InChI is InChI=1S/C23H16ClN3O5/c24-15-9-10-18-19(11-15)25-22(23(29)14-5-2-1-3-6-14)21(18)26-20(28)13-32-17-8-4-7-16(12-17)27(30)31/h1-12,25H,13H2,(H,26,28). The number of carbonyl (C=O) groups is 2. The number of halogens is 1. The van der Waals surface area contributed by atoms with E-state index in [0.29, 0.717) is 27.2 Å². The topological polar surface area (TPSA) is 114 Å². The zero-order valence-electron chi connectivity index (χ0n) is 16.5. The fourth-order valence-electron chi connectivity index (χ4n) is 3.21. The Morgan fingerprint density at radius 2 is 1.81 bits per heavy atom. The molecule has 8 nitrogen and oxygen atoms in total. The highest BCUT2D eigenvalue weighted by Gasteiger charge is 2.21. The van der Waals surface area contributed by atoms with Gasteiger partial charge in [-0.3, -0.25) is 19.7 Å². The van der Waals surface area contributed by atoms with Crippen LogP contribution in [0.5, 0.6) is 5.75 Å². The van der Waals surface area contributed by atoms with E-state index >= 15 is 0 Å². The van der Waals surface area contributed by atoms with E-state index in [1.807, 2.05) is 0 Å². The van der Waals surface area contributed by atoms with E-state index in [4.69, 9.17) is 16.3 Å². The van der Waals surface area contributed by atoms with Gasteiger partial charge in [-0.1, -0.05) is 48.0 Å². The molecular formula is C23H16ClN3O5. The Morgan fingerprint density at radius 3 is 2.56 bits per heavy atom. The average Bonchev–Trinajstić information content (AvgIpc) is 3.15. The van der Waals surface area contributed by atoms with Gasteiger partial charge in [-0.05, 0) is 24.3 Å². The van der Waals surface area contributed by atoms with Crippen LogP contribution in [0.4, 0.5) is 11.4 Å². The van der Waals surface area contributed by atoms with E-state index in [1.54, 1.807) is 48.5 Å². The summed E-state index contributed by atoms with van der Waals surface area (Å²) in [6.45, 7) is -0.402. The highest BCUT2D eigenvalue weighted by molar-refractivity contribution is 6.31. The number of nitrogens with one attached hydrogen (secondary N) is 2. The van der Waals surface area contributed by atoms with Crippen LogP contribution < -0.4 is 10.1 Å². The number of rotatable bonds is 7. The van der Waals surface area contributed by atoms with Crippen LogP contribution in [0.15, 0.2) is 72.8 Å². The molecule has 4 rings (SSSR count). The van der Waals surface area contributed by atoms with E-state index in [2.05, 4.69) is 10.3 Å². The van der Waals surface area contributed by atoms with E-state index in [9.17, 15) is 19.7 Å².